The van der Waals surface area contributed by atoms with E-state index in [9.17, 15) is 0 Å². The predicted octanol–water partition coefficient (Wildman–Crippen LogP) is 3.07. The molecule has 1 aromatic heterocycles. The van der Waals surface area contributed by atoms with Crippen molar-refractivity contribution >= 4 is 25.8 Å². The molecule has 124 valence electrons. The zero-order valence-corrected chi connectivity index (χ0v) is 15.8. The molecule has 0 amide bonds. The molecule has 0 spiro atoms. The minimum absolute atomic E-state index is 0.749. The van der Waals surface area contributed by atoms with Crippen LogP contribution in [0.4, 0.5) is 5.95 Å². The lowest BCUT2D eigenvalue weighted by Crippen LogP contribution is -2.37. The Kier molecular flexibility index (Phi) is 5.08. The van der Waals surface area contributed by atoms with Gasteiger partial charge >= 0.3 is 0 Å². The molecule has 23 heavy (non-hydrogen) atoms. The van der Waals surface area contributed by atoms with E-state index in [-0.39, 0.29) is 0 Å². The van der Waals surface area contributed by atoms with Crippen LogP contribution in [0.15, 0.2) is 35.5 Å². The highest BCUT2D eigenvalue weighted by Crippen LogP contribution is 2.28. The van der Waals surface area contributed by atoms with Crippen LogP contribution in [-0.4, -0.2) is 54.5 Å². The van der Waals surface area contributed by atoms with Crippen molar-refractivity contribution in [2.45, 2.75) is 24.8 Å². The first-order valence-corrected chi connectivity index (χ1v) is 12.7. The maximum absolute atomic E-state index is 5.47. The molecule has 0 saturated carbocycles. The lowest BCUT2D eigenvalue weighted by molar-refractivity contribution is 0.122. The van der Waals surface area contributed by atoms with Gasteiger partial charge in [0.05, 0.1) is 27.0 Å². The average Bonchev–Trinajstić information content (AvgIpc) is 2.98. The lowest BCUT2D eigenvalue weighted by Gasteiger charge is -2.28. The SMILES string of the molecule is C[Si](C)(C)CSc1nnc(N2CCOCC2)n1-c1ccccc1. The van der Waals surface area contributed by atoms with Gasteiger partial charge in [-0.3, -0.25) is 4.57 Å². The van der Waals surface area contributed by atoms with Crippen LogP contribution in [0.25, 0.3) is 5.69 Å². The Bertz CT molecular complexity index is 635. The summed E-state index contributed by atoms with van der Waals surface area (Å²) in [4.78, 5) is 2.27. The maximum Gasteiger partial charge on any atom is 0.232 e. The second-order valence-electron chi connectivity index (χ2n) is 6.90. The van der Waals surface area contributed by atoms with Crippen molar-refractivity contribution in [1.29, 1.82) is 0 Å². The van der Waals surface area contributed by atoms with Gasteiger partial charge < -0.3 is 9.64 Å². The summed E-state index contributed by atoms with van der Waals surface area (Å²) in [6.45, 7) is 10.4. The number of para-hydroxylation sites is 1. The summed E-state index contributed by atoms with van der Waals surface area (Å²) in [5.41, 5.74) is 1.12. The van der Waals surface area contributed by atoms with Crippen LogP contribution in [0.2, 0.25) is 19.6 Å². The lowest BCUT2D eigenvalue weighted by atomic mass is 10.3. The van der Waals surface area contributed by atoms with Gasteiger partial charge in [-0.05, 0) is 17.5 Å². The number of anilines is 1. The molecule has 1 aliphatic heterocycles. The number of ether oxygens (including phenoxy) is 1. The molecule has 7 heteroatoms. The van der Waals surface area contributed by atoms with Crippen molar-refractivity contribution in [2.24, 2.45) is 0 Å². The normalized spacial score (nSPS) is 15.9. The van der Waals surface area contributed by atoms with Gasteiger partial charge in [-0.25, -0.2) is 0 Å². The van der Waals surface area contributed by atoms with Crippen LogP contribution < -0.4 is 4.90 Å². The third-order valence-electron chi connectivity index (χ3n) is 3.56. The van der Waals surface area contributed by atoms with Crippen LogP contribution >= 0.6 is 11.8 Å². The molecule has 0 N–H and O–H groups in total. The van der Waals surface area contributed by atoms with Gasteiger partial charge in [0.25, 0.3) is 0 Å². The Labute approximate surface area is 143 Å². The van der Waals surface area contributed by atoms with E-state index in [2.05, 4.69) is 63.6 Å². The summed E-state index contributed by atoms with van der Waals surface area (Å²) in [5.74, 6) is 0.928. The largest absolute Gasteiger partial charge is 0.378 e. The van der Waals surface area contributed by atoms with Gasteiger partial charge in [0.1, 0.15) is 0 Å². The van der Waals surface area contributed by atoms with Gasteiger partial charge in [-0.1, -0.05) is 49.6 Å². The summed E-state index contributed by atoms with van der Waals surface area (Å²) in [7, 11) is -1.15. The summed E-state index contributed by atoms with van der Waals surface area (Å²) in [6.07, 6.45) is 0. The molecule has 0 radical (unpaired) electrons. The zero-order chi connectivity index (χ0) is 16.3. The van der Waals surface area contributed by atoms with Crippen LogP contribution in [-0.2, 0) is 4.74 Å². The first-order valence-electron chi connectivity index (χ1n) is 8.01. The molecule has 0 aliphatic carbocycles. The summed E-state index contributed by atoms with van der Waals surface area (Å²) < 4.78 is 7.66. The third kappa shape index (κ3) is 4.16. The van der Waals surface area contributed by atoms with Gasteiger partial charge in [-0.2, -0.15) is 0 Å². The minimum atomic E-state index is -1.15. The molecule has 0 atom stereocenters. The molecule has 1 saturated heterocycles. The Morgan fingerprint density at radius 1 is 1.09 bits per heavy atom. The second kappa shape index (κ2) is 7.07. The van der Waals surface area contributed by atoms with Crippen molar-refractivity contribution < 1.29 is 4.74 Å². The Morgan fingerprint density at radius 2 is 1.78 bits per heavy atom. The molecule has 1 aliphatic rings. The molecule has 5 nitrogen and oxygen atoms in total. The molecule has 2 aromatic rings. The van der Waals surface area contributed by atoms with Gasteiger partial charge in [0, 0.05) is 13.1 Å². The number of aromatic nitrogens is 3. The quantitative estimate of drug-likeness (QED) is 0.614. The molecular weight excluding hydrogens is 324 g/mol. The minimum Gasteiger partial charge on any atom is -0.378 e. The van der Waals surface area contributed by atoms with E-state index in [1.807, 2.05) is 17.8 Å². The molecule has 0 unspecified atom stereocenters. The van der Waals surface area contributed by atoms with Crippen LogP contribution in [0, 0.1) is 0 Å². The number of rotatable bonds is 5. The fourth-order valence-corrected chi connectivity index (χ4v) is 5.07. The fourth-order valence-electron chi connectivity index (χ4n) is 2.41. The highest BCUT2D eigenvalue weighted by molar-refractivity contribution is 8.00. The number of nitrogens with zero attached hydrogens (tertiary/aromatic N) is 4. The molecule has 0 bridgehead atoms. The van der Waals surface area contributed by atoms with E-state index in [0.29, 0.717) is 0 Å². The first kappa shape index (κ1) is 16.5. The van der Waals surface area contributed by atoms with Crippen molar-refractivity contribution in [3.63, 3.8) is 0 Å². The Hall–Kier alpha value is -1.31. The molecule has 1 aromatic carbocycles. The van der Waals surface area contributed by atoms with E-state index in [4.69, 9.17) is 4.74 Å². The van der Waals surface area contributed by atoms with Crippen LogP contribution in [0.5, 0.6) is 0 Å². The first-order chi connectivity index (χ1) is 11.0. The number of thioether (sulfide) groups is 1. The van der Waals surface area contributed by atoms with E-state index in [1.54, 1.807) is 0 Å². The number of hydrogen-bond donors (Lipinski definition) is 0. The Balaban J connectivity index is 1.94. The second-order valence-corrected chi connectivity index (χ2v) is 13.8. The summed E-state index contributed by atoms with van der Waals surface area (Å²) >= 11 is 1.83. The van der Waals surface area contributed by atoms with Gasteiger partial charge in [0.15, 0.2) is 5.16 Å². The Morgan fingerprint density at radius 3 is 2.43 bits per heavy atom. The molecular formula is C16H24N4OSSi. The molecule has 3 rings (SSSR count). The zero-order valence-electron chi connectivity index (χ0n) is 14.0. The van der Waals surface area contributed by atoms with E-state index in [0.717, 1.165) is 48.5 Å². The topological polar surface area (TPSA) is 43.2 Å². The van der Waals surface area contributed by atoms with Gasteiger partial charge in [-0.15, -0.1) is 10.2 Å². The smallest absolute Gasteiger partial charge is 0.232 e. The highest BCUT2D eigenvalue weighted by Gasteiger charge is 2.23. The van der Waals surface area contributed by atoms with E-state index >= 15 is 0 Å². The molecule has 2 heterocycles. The van der Waals surface area contributed by atoms with E-state index in [1.165, 1.54) is 0 Å². The number of hydrogen-bond acceptors (Lipinski definition) is 5. The molecule has 1 fully saturated rings. The van der Waals surface area contributed by atoms with Crippen LogP contribution in [0.3, 0.4) is 0 Å². The van der Waals surface area contributed by atoms with Gasteiger partial charge in [0.2, 0.25) is 5.95 Å². The maximum atomic E-state index is 5.47. The van der Waals surface area contributed by atoms with Crippen molar-refractivity contribution in [1.82, 2.24) is 14.8 Å². The van der Waals surface area contributed by atoms with Crippen molar-refractivity contribution in [3.05, 3.63) is 30.3 Å². The fraction of sp³-hybridized carbons (Fsp3) is 0.500. The number of benzene rings is 1. The third-order valence-corrected chi connectivity index (χ3v) is 8.12. The van der Waals surface area contributed by atoms with Crippen molar-refractivity contribution in [3.8, 4) is 5.69 Å². The predicted molar refractivity (Wildman–Crippen MR) is 98.5 cm³/mol. The monoisotopic (exact) mass is 348 g/mol. The van der Waals surface area contributed by atoms with Crippen molar-refractivity contribution in [2.75, 3.05) is 36.6 Å². The average molecular weight is 349 g/mol. The van der Waals surface area contributed by atoms with E-state index < -0.39 is 8.07 Å². The standard InChI is InChI=1S/C16H24N4OSSi/c1-23(2,3)13-22-16-18-17-15(19-9-11-21-12-10-19)20(16)14-7-5-4-6-8-14/h4-8H,9-13H2,1-3H3. The highest BCUT2D eigenvalue weighted by atomic mass is 32.2. The summed E-state index contributed by atoms with van der Waals surface area (Å²) in [5, 5.41) is 11.1. The number of morpholine rings is 1. The summed E-state index contributed by atoms with van der Waals surface area (Å²) in [6, 6.07) is 10.4. The van der Waals surface area contributed by atoms with Crippen LogP contribution in [0.1, 0.15) is 0 Å².